The minimum absolute atomic E-state index is 0.134. The van der Waals surface area contributed by atoms with Crippen molar-refractivity contribution < 1.29 is 4.74 Å². The van der Waals surface area contributed by atoms with Crippen molar-refractivity contribution in [3.63, 3.8) is 0 Å². The van der Waals surface area contributed by atoms with Gasteiger partial charge in [0, 0.05) is 12.6 Å². The number of rotatable bonds is 3. The zero-order chi connectivity index (χ0) is 13.8. The first kappa shape index (κ1) is 13.3. The Kier molecular flexibility index (Phi) is 4.14. The van der Waals surface area contributed by atoms with E-state index in [2.05, 4.69) is 27.4 Å². The molecule has 1 aliphatic heterocycles. The summed E-state index contributed by atoms with van der Waals surface area (Å²) < 4.78 is 5.85. The Morgan fingerprint density at radius 2 is 2.05 bits per heavy atom. The molecule has 1 fully saturated rings. The van der Waals surface area contributed by atoms with Crippen LogP contribution in [0, 0.1) is 0 Å². The highest BCUT2D eigenvalue weighted by Crippen LogP contribution is 2.29. The number of benzene rings is 1. The molecule has 1 N–H and O–H groups in total. The molecule has 4 nitrogen and oxygen atoms in total. The van der Waals surface area contributed by atoms with Crippen LogP contribution in [0.2, 0.25) is 5.15 Å². The highest BCUT2D eigenvalue weighted by molar-refractivity contribution is 6.29. The van der Waals surface area contributed by atoms with E-state index in [4.69, 9.17) is 16.3 Å². The van der Waals surface area contributed by atoms with E-state index in [0.29, 0.717) is 11.2 Å². The van der Waals surface area contributed by atoms with Gasteiger partial charge in [-0.2, -0.15) is 0 Å². The molecule has 0 amide bonds. The van der Waals surface area contributed by atoms with Gasteiger partial charge in [0.05, 0.1) is 18.5 Å². The molecule has 2 heterocycles. The summed E-state index contributed by atoms with van der Waals surface area (Å²) in [5.74, 6) is 0.719. The van der Waals surface area contributed by atoms with Crippen molar-refractivity contribution in [1.82, 2.24) is 9.97 Å². The number of hydrogen-bond donors (Lipinski definition) is 1. The number of nitrogens with zero attached hydrogens (tertiary/aromatic N) is 2. The smallest absolute Gasteiger partial charge is 0.149 e. The third-order valence-electron chi connectivity index (χ3n) is 3.41. The van der Waals surface area contributed by atoms with Crippen LogP contribution in [0.5, 0.6) is 0 Å². The lowest BCUT2D eigenvalue weighted by atomic mass is 9.97. The Balaban J connectivity index is 1.66. The molecule has 0 radical (unpaired) electrons. The summed E-state index contributed by atoms with van der Waals surface area (Å²) in [7, 11) is 0. The van der Waals surface area contributed by atoms with E-state index >= 15 is 0 Å². The average molecular weight is 290 g/mol. The van der Waals surface area contributed by atoms with Gasteiger partial charge in [-0.15, -0.1) is 0 Å². The summed E-state index contributed by atoms with van der Waals surface area (Å²) in [5, 5.41) is 3.79. The van der Waals surface area contributed by atoms with Gasteiger partial charge in [-0.05, 0) is 18.4 Å². The number of nitrogens with one attached hydrogen (secondary N) is 1. The van der Waals surface area contributed by atoms with Gasteiger partial charge in [0.15, 0.2) is 0 Å². The van der Waals surface area contributed by atoms with Gasteiger partial charge >= 0.3 is 0 Å². The predicted molar refractivity (Wildman–Crippen MR) is 78.8 cm³/mol. The number of ether oxygens (including phenoxy) is 1. The van der Waals surface area contributed by atoms with Gasteiger partial charge in [-0.1, -0.05) is 41.9 Å². The van der Waals surface area contributed by atoms with Crippen molar-refractivity contribution >= 4 is 17.4 Å². The lowest BCUT2D eigenvalue weighted by Gasteiger charge is -2.30. The van der Waals surface area contributed by atoms with Gasteiger partial charge < -0.3 is 10.1 Å². The molecule has 3 rings (SSSR count). The van der Waals surface area contributed by atoms with Crippen LogP contribution in [0.25, 0.3) is 0 Å². The zero-order valence-corrected chi connectivity index (χ0v) is 11.8. The van der Waals surface area contributed by atoms with Crippen LogP contribution in [-0.2, 0) is 4.74 Å². The summed E-state index contributed by atoms with van der Waals surface area (Å²) in [4.78, 5) is 8.25. The second-order valence-electron chi connectivity index (χ2n) is 4.86. The fraction of sp³-hybridized carbons (Fsp3) is 0.333. The molecule has 104 valence electrons. The third kappa shape index (κ3) is 3.26. The third-order valence-corrected chi connectivity index (χ3v) is 3.59. The van der Waals surface area contributed by atoms with Gasteiger partial charge in [0.1, 0.15) is 11.0 Å². The van der Waals surface area contributed by atoms with Gasteiger partial charge in [-0.25, -0.2) is 4.98 Å². The Hall–Kier alpha value is -1.65. The SMILES string of the molecule is Clc1cncc(NC2CCOC(c3ccccc3)C2)n1. The lowest BCUT2D eigenvalue weighted by molar-refractivity contribution is 0.00974. The molecule has 2 aromatic rings. The van der Waals surface area contributed by atoms with Crippen molar-refractivity contribution in [2.75, 3.05) is 11.9 Å². The molecule has 2 atom stereocenters. The van der Waals surface area contributed by atoms with Crippen LogP contribution in [0.1, 0.15) is 24.5 Å². The van der Waals surface area contributed by atoms with Gasteiger partial charge in [0.2, 0.25) is 0 Å². The topological polar surface area (TPSA) is 47.0 Å². The first-order valence-corrected chi connectivity index (χ1v) is 7.10. The van der Waals surface area contributed by atoms with Crippen molar-refractivity contribution in [1.29, 1.82) is 0 Å². The van der Waals surface area contributed by atoms with E-state index in [9.17, 15) is 0 Å². The lowest BCUT2D eigenvalue weighted by Crippen LogP contribution is -2.30. The molecular weight excluding hydrogens is 274 g/mol. The Morgan fingerprint density at radius 3 is 2.85 bits per heavy atom. The Labute approximate surface area is 123 Å². The first-order valence-electron chi connectivity index (χ1n) is 6.72. The Bertz CT molecular complexity index is 564. The second-order valence-corrected chi connectivity index (χ2v) is 5.25. The number of hydrogen-bond acceptors (Lipinski definition) is 4. The second kappa shape index (κ2) is 6.20. The highest BCUT2D eigenvalue weighted by Gasteiger charge is 2.24. The Morgan fingerprint density at radius 1 is 1.20 bits per heavy atom. The normalized spacial score (nSPS) is 22.4. The minimum Gasteiger partial charge on any atom is -0.373 e. The fourth-order valence-corrected chi connectivity index (χ4v) is 2.60. The standard InChI is InChI=1S/C15H16ClN3O/c16-14-9-17-10-15(19-14)18-12-6-7-20-13(8-12)11-4-2-1-3-5-11/h1-5,9-10,12-13H,6-8H2,(H,18,19). The molecule has 1 aliphatic rings. The molecule has 0 aliphatic carbocycles. The van der Waals surface area contributed by atoms with E-state index in [1.165, 1.54) is 11.8 Å². The monoisotopic (exact) mass is 289 g/mol. The van der Waals surface area contributed by atoms with E-state index in [0.717, 1.165) is 25.3 Å². The predicted octanol–water partition coefficient (Wildman–Crippen LogP) is 3.46. The highest BCUT2D eigenvalue weighted by atomic mass is 35.5. The molecule has 5 heteroatoms. The maximum absolute atomic E-state index is 5.85. The minimum atomic E-state index is 0.134. The molecule has 0 spiro atoms. The summed E-state index contributed by atoms with van der Waals surface area (Å²) in [6.07, 6.45) is 5.23. The average Bonchev–Trinajstić information content (AvgIpc) is 2.48. The van der Waals surface area contributed by atoms with E-state index in [-0.39, 0.29) is 6.10 Å². The van der Waals surface area contributed by atoms with Crippen molar-refractivity contribution in [3.05, 3.63) is 53.4 Å². The summed E-state index contributed by atoms with van der Waals surface area (Å²) in [6, 6.07) is 10.6. The molecule has 1 aromatic carbocycles. The first-order chi connectivity index (χ1) is 9.81. The van der Waals surface area contributed by atoms with E-state index < -0.39 is 0 Å². The summed E-state index contributed by atoms with van der Waals surface area (Å²) in [6.45, 7) is 0.741. The van der Waals surface area contributed by atoms with Gasteiger partial charge in [0.25, 0.3) is 0 Å². The molecular formula is C15H16ClN3O. The van der Waals surface area contributed by atoms with E-state index in [1.807, 2.05) is 18.2 Å². The molecule has 1 aromatic heterocycles. The fourth-order valence-electron chi connectivity index (χ4n) is 2.45. The van der Waals surface area contributed by atoms with Crippen molar-refractivity contribution in [2.24, 2.45) is 0 Å². The molecule has 20 heavy (non-hydrogen) atoms. The zero-order valence-electron chi connectivity index (χ0n) is 11.0. The van der Waals surface area contributed by atoms with Crippen LogP contribution in [0.4, 0.5) is 5.82 Å². The van der Waals surface area contributed by atoms with E-state index in [1.54, 1.807) is 6.20 Å². The molecule has 0 bridgehead atoms. The van der Waals surface area contributed by atoms with Crippen LogP contribution in [-0.4, -0.2) is 22.6 Å². The molecule has 0 saturated carbocycles. The number of anilines is 1. The van der Waals surface area contributed by atoms with Crippen LogP contribution in [0.3, 0.4) is 0 Å². The van der Waals surface area contributed by atoms with Crippen LogP contribution in [0.15, 0.2) is 42.7 Å². The van der Waals surface area contributed by atoms with Crippen molar-refractivity contribution in [3.8, 4) is 0 Å². The summed E-state index contributed by atoms with van der Waals surface area (Å²) in [5.41, 5.74) is 1.22. The maximum Gasteiger partial charge on any atom is 0.149 e. The number of aromatic nitrogens is 2. The van der Waals surface area contributed by atoms with Crippen LogP contribution >= 0.6 is 11.6 Å². The molecule has 1 saturated heterocycles. The van der Waals surface area contributed by atoms with Gasteiger partial charge in [-0.3, -0.25) is 4.98 Å². The number of halogens is 1. The van der Waals surface area contributed by atoms with Crippen molar-refractivity contribution in [2.45, 2.75) is 25.0 Å². The summed E-state index contributed by atoms with van der Waals surface area (Å²) >= 11 is 5.85. The molecule has 2 unspecified atom stereocenters. The maximum atomic E-state index is 5.85. The quantitative estimate of drug-likeness (QED) is 0.940. The van der Waals surface area contributed by atoms with Crippen LogP contribution < -0.4 is 5.32 Å². The largest absolute Gasteiger partial charge is 0.373 e.